The second kappa shape index (κ2) is 9.00. The molecule has 0 atom stereocenters. The van der Waals surface area contributed by atoms with Crippen LogP contribution in [0, 0.1) is 11.5 Å². The van der Waals surface area contributed by atoms with Crippen molar-refractivity contribution < 1.29 is 0 Å². The fourth-order valence-corrected chi connectivity index (χ4v) is 2.83. The maximum atomic E-state index is 8.46. The van der Waals surface area contributed by atoms with Crippen molar-refractivity contribution in [1.29, 1.82) is 5.26 Å². The van der Waals surface area contributed by atoms with E-state index < -0.39 is 0 Å². The lowest BCUT2D eigenvalue weighted by Crippen LogP contribution is -2.35. The van der Waals surface area contributed by atoms with Crippen LogP contribution < -0.4 is 22.1 Å². The van der Waals surface area contributed by atoms with Crippen LogP contribution in [0.1, 0.15) is 5.01 Å². The van der Waals surface area contributed by atoms with Crippen molar-refractivity contribution in [2.75, 3.05) is 19.3 Å². The SMILES string of the molecule is CN=C(NC#N)NCCSCc1nc(N=C(N)N)cs1. The van der Waals surface area contributed by atoms with Crippen LogP contribution in [-0.4, -0.2) is 36.2 Å². The zero-order chi connectivity index (χ0) is 14.8. The van der Waals surface area contributed by atoms with E-state index in [0.29, 0.717) is 18.3 Å². The number of aliphatic imine (C=N–C) groups is 2. The van der Waals surface area contributed by atoms with Crippen LogP contribution in [-0.2, 0) is 5.75 Å². The summed E-state index contributed by atoms with van der Waals surface area (Å²) in [6.07, 6.45) is 1.81. The lowest BCUT2D eigenvalue weighted by atomic mass is 10.7. The molecule has 20 heavy (non-hydrogen) atoms. The largest absolute Gasteiger partial charge is 0.370 e. The van der Waals surface area contributed by atoms with Crippen molar-refractivity contribution >= 4 is 40.8 Å². The molecule has 0 saturated heterocycles. The Morgan fingerprint density at radius 2 is 2.40 bits per heavy atom. The predicted octanol–water partition coefficient (Wildman–Crippen LogP) is -0.0727. The van der Waals surface area contributed by atoms with E-state index in [1.54, 1.807) is 18.8 Å². The molecular weight excluding hydrogens is 296 g/mol. The summed E-state index contributed by atoms with van der Waals surface area (Å²) in [5.74, 6) is 2.68. The summed E-state index contributed by atoms with van der Waals surface area (Å²) in [6, 6.07) is 0. The normalized spacial score (nSPS) is 10.7. The van der Waals surface area contributed by atoms with Gasteiger partial charge in [-0.2, -0.15) is 22.0 Å². The molecule has 0 bridgehead atoms. The first kappa shape index (κ1) is 16.1. The van der Waals surface area contributed by atoms with Crippen molar-refractivity contribution in [2.45, 2.75) is 5.75 Å². The summed E-state index contributed by atoms with van der Waals surface area (Å²) in [5, 5.41) is 16.7. The number of nitrogens with zero attached hydrogens (tertiary/aromatic N) is 4. The minimum Gasteiger partial charge on any atom is -0.370 e. The molecule has 1 heterocycles. The maximum Gasteiger partial charge on any atom is 0.204 e. The van der Waals surface area contributed by atoms with Gasteiger partial charge in [-0.15, -0.1) is 11.3 Å². The van der Waals surface area contributed by atoms with Gasteiger partial charge in [-0.3, -0.25) is 10.3 Å². The highest BCUT2D eigenvalue weighted by Gasteiger charge is 2.02. The molecule has 8 nitrogen and oxygen atoms in total. The van der Waals surface area contributed by atoms with Crippen LogP contribution in [0.2, 0.25) is 0 Å². The number of thioether (sulfide) groups is 1. The Hall–Kier alpha value is -1.99. The van der Waals surface area contributed by atoms with E-state index >= 15 is 0 Å². The average molecular weight is 312 g/mol. The number of rotatable bonds is 6. The molecule has 0 fully saturated rings. The molecule has 0 saturated carbocycles. The first-order chi connectivity index (χ1) is 9.65. The summed E-state index contributed by atoms with van der Waals surface area (Å²) in [4.78, 5) is 12.0. The van der Waals surface area contributed by atoms with E-state index in [-0.39, 0.29) is 5.96 Å². The van der Waals surface area contributed by atoms with Gasteiger partial charge >= 0.3 is 0 Å². The highest BCUT2D eigenvalue weighted by Crippen LogP contribution is 2.20. The van der Waals surface area contributed by atoms with Gasteiger partial charge in [-0.25, -0.2) is 4.98 Å². The zero-order valence-electron chi connectivity index (χ0n) is 11.0. The lowest BCUT2D eigenvalue weighted by molar-refractivity contribution is 0.931. The maximum absolute atomic E-state index is 8.46. The zero-order valence-corrected chi connectivity index (χ0v) is 12.6. The third kappa shape index (κ3) is 6.26. The molecule has 0 aromatic carbocycles. The van der Waals surface area contributed by atoms with E-state index in [0.717, 1.165) is 16.5 Å². The van der Waals surface area contributed by atoms with Crippen LogP contribution in [0.4, 0.5) is 5.82 Å². The van der Waals surface area contributed by atoms with Gasteiger partial charge in [0, 0.05) is 30.5 Å². The van der Waals surface area contributed by atoms with Crippen LogP contribution in [0.3, 0.4) is 0 Å². The van der Waals surface area contributed by atoms with Crippen molar-refractivity contribution in [2.24, 2.45) is 21.5 Å². The topological polar surface area (TPSA) is 138 Å². The Balaban J connectivity index is 2.23. The number of hydrogen-bond acceptors (Lipinski definition) is 6. The second-order valence-electron chi connectivity index (χ2n) is 3.42. The Morgan fingerprint density at radius 3 is 3.05 bits per heavy atom. The van der Waals surface area contributed by atoms with Crippen molar-refractivity contribution in [3.63, 3.8) is 0 Å². The van der Waals surface area contributed by atoms with Gasteiger partial charge in [0.1, 0.15) is 5.01 Å². The van der Waals surface area contributed by atoms with Gasteiger partial charge < -0.3 is 16.8 Å². The first-order valence-corrected chi connectivity index (χ1v) is 7.66. The van der Waals surface area contributed by atoms with Gasteiger partial charge in [-0.05, 0) is 0 Å². The van der Waals surface area contributed by atoms with Crippen molar-refractivity contribution in [3.8, 4) is 6.19 Å². The number of aromatic nitrogens is 1. The monoisotopic (exact) mass is 312 g/mol. The van der Waals surface area contributed by atoms with Gasteiger partial charge in [-0.1, -0.05) is 0 Å². The molecule has 6 N–H and O–H groups in total. The van der Waals surface area contributed by atoms with E-state index in [9.17, 15) is 0 Å². The summed E-state index contributed by atoms with van der Waals surface area (Å²) >= 11 is 3.24. The predicted molar refractivity (Wildman–Crippen MR) is 83.9 cm³/mol. The van der Waals surface area contributed by atoms with E-state index in [1.165, 1.54) is 11.3 Å². The van der Waals surface area contributed by atoms with Crippen LogP contribution in [0.25, 0.3) is 0 Å². The summed E-state index contributed by atoms with van der Waals surface area (Å²) < 4.78 is 0. The third-order valence-electron chi connectivity index (χ3n) is 1.95. The third-order valence-corrected chi connectivity index (χ3v) is 3.94. The number of thiazole rings is 1. The summed E-state index contributed by atoms with van der Waals surface area (Å²) in [6.45, 7) is 0.707. The summed E-state index contributed by atoms with van der Waals surface area (Å²) in [5.41, 5.74) is 10.6. The molecule has 0 radical (unpaired) electrons. The van der Waals surface area contributed by atoms with E-state index in [4.69, 9.17) is 16.7 Å². The fraction of sp³-hybridized carbons (Fsp3) is 0.400. The molecule has 1 aromatic heterocycles. The van der Waals surface area contributed by atoms with Crippen LogP contribution in [0.15, 0.2) is 15.4 Å². The number of nitrogens with one attached hydrogen (secondary N) is 2. The van der Waals surface area contributed by atoms with E-state index in [1.807, 2.05) is 11.6 Å². The minimum atomic E-state index is 0.00933. The molecule has 0 amide bonds. The highest BCUT2D eigenvalue weighted by molar-refractivity contribution is 7.98. The summed E-state index contributed by atoms with van der Waals surface area (Å²) in [7, 11) is 1.61. The smallest absolute Gasteiger partial charge is 0.204 e. The fourth-order valence-electron chi connectivity index (χ4n) is 1.18. The molecule has 108 valence electrons. The number of nitrogens with two attached hydrogens (primary N) is 2. The quantitative estimate of drug-likeness (QED) is 0.190. The molecule has 1 rings (SSSR count). The Bertz CT molecular complexity index is 512. The first-order valence-electron chi connectivity index (χ1n) is 5.63. The average Bonchev–Trinajstić information content (AvgIpc) is 2.83. The molecule has 0 aliphatic heterocycles. The Kier molecular flexibility index (Phi) is 7.23. The second-order valence-corrected chi connectivity index (χ2v) is 5.47. The Morgan fingerprint density at radius 1 is 1.60 bits per heavy atom. The molecule has 0 unspecified atom stereocenters. The number of nitriles is 1. The van der Waals surface area contributed by atoms with Gasteiger partial charge in [0.2, 0.25) is 5.96 Å². The van der Waals surface area contributed by atoms with E-state index in [2.05, 4.69) is 25.6 Å². The Labute approximate surface area is 125 Å². The molecular formula is C10H16N8S2. The van der Waals surface area contributed by atoms with Crippen molar-refractivity contribution in [3.05, 3.63) is 10.4 Å². The number of hydrogen-bond donors (Lipinski definition) is 4. The standard InChI is InChI=1S/C10H16N8S2/c1-14-10(16-6-11)15-2-3-19-5-8-17-7(4-20-8)18-9(12)13/h4H,2-3,5H2,1H3,(H4,12,13,18)(H2,14,15,16). The van der Waals surface area contributed by atoms with Crippen LogP contribution >= 0.6 is 23.1 Å². The van der Waals surface area contributed by atoms with Gasteiger partial charge in [0.15, 0.2) is 18.0 Å². The van der Waals surface area contributed by atoms with Crippen LogP contribution in [0.5, 0.6) is 0 Å². The highest BCUT2D eigenvalue weighted by atomic mass is 32.2. The lowest BCUT2D eigenvalue weighted by Gasteiger charge is -2.05. The molecule has 0 spiro atoms. The van der Waals surface area contributed by atoms with Gasteiger partial charge in [0.05, 0.1) is 0 Å². The molecule has 10 heteroatoms. The molecule has 0 aliphatic rings. The molecule has 0 aliphatic carbocycles. The minimum absolute atomic E-state index is 0.00933. The molecule has 1 aromatic rings. The van der Waals surface area contributed by atoms with Crippen molar-refractivity contribution in [1.82, 2.24) is 15.6 Å². The number of guanidine groups is 2. The van der Waals surface area contributed by atoms with Gasteiger partial charge in [0.25, 0.3) is 0 Å².